The number of nitrogen functional groups attached to an aromatic ring is 1. The number of hydrogen-bond donors (Lipinski definition) is 1. The molecular weight excluding hydrogens is 178 g/mol. The van der Waals surface area contributed by atoms with Crippen molar-refractivity contribution in [1.82, 2.24) is 19.5 Å². The van der Waals surface area contributed by atoms with E-state index in [1.165, 1.54) is 0 Å². The maximum absolute atomic E-state index is 5.74. The molecule has 0 aliphatic carbocycles. The highest BCUT2D eigenvalue weighted by Crippen LogP contribution is 2.18. The average Bonchev–Trinajstić information content (AvgIpc) is 2.47. The second-order valence-corrected chi connectivity index (χ2v) is 3.57. The molecule has 0 spiro atoms. The normalized spacial score (nSPS) is 11.4. The molecule has 0 aliphatic rings. The highest BCUT2D eigenvalue weighted by atomic mass is 15.1. The molecule has 0 aromatic carbocycles. The van der Waals surface area contributed by atoms with E-state index in [1.807, 2.05) is 11.5 Å². The fraction of sp³-hybridized carbons (Fsp3) is 0.444. The summed E-state index contributed by atoms with van der Waals surface area (Å²) in [6.07, 6.45) is 1.75. The summed E-state index contributed by atoms with van der Waals surface area (Å²) >= 11 is 0. The Morgan fingerprint density at radius 2 is 2.07 bits per heavy atom. The highest BCUT2D eigenvalue weighted by Gasteiger charge is 2.10. The van der Waals surface area contributed by atoms with Crippen LogP contribution in [0.1, 0.15) is 25.7 Å². The van der Waals surface area contributed by atoms with Gasteiger partial charge in [0.1, 0.15) is 11.3 Å². The van der Waals surface area contributed by atoms with Crippen molar-refractivity contribution < 1.29 is 0 Å². The number of rotatable bonds is 1. The molecule has 0 aliphatic heterocycles. The molecule has 0 saturated heterocycles. The lowest BCUT2D eigenvalue weighted by molar-refractivity contribution is 0.612. The topological polar surface area (TPSA) is 69.6 Å². The summed E-state index contributed by atoms with van der Waals surface area (Å²) in [7, 11) is 0. The van der Waals surface area contributed by atoms with E-state index in [1.54, 1.807) is 6.33 Å². The van der Waals surface area contributed by atoms with Crippen LogP contribution in [0.15, 0.2) is 6.33 Å². The molecule has 74 valence electrons. The van der Waals surface area contributed by atoms with Crippen LogP contribution >= 0.6 is 0 Å². The minimum atomic E-state index is 0.327. The van der Waals surface area contributed by atoms with Crippen molar-refractivity contribution in [2.45, 2.75) is 26.8 Å². The fourth-order valence-electron chi connectivity index (χ4n) is 1.43. The first-order chi connectivity index (χ1) is 6.59. The number of aromatic nitrogens is 4. The van der Waals surface area contributed by atoms with Crippen LogP contribution in [-0.2, 0) is 0 Å². The summed E-state index contributed by atoms with van der Waals surface area (Å²) < 4.78 is 1.99. The molecule has 0 unspecified atom stereocenters. The second-order valence-electron chi connectivity index (χ2n) is 3.57. The maximum atomic E-state index is 5.74. The largest absolute Gasteiger partial charge is 0.382 e. The molecule has 2 rings (SSSR count). The third-order valence-electron chi connectivity index (χ3n) is 2.12. The number of aryl methyl sites for hydroxylation is 1. The van der Waals surface area contributed by atoms with Gasteiger partial charge in [-0.05, 0) is 20.8 Å². The van der Waals surface area contributed by atoms with E-state index in [0.717, 1.165) is 5.65 Å². The van der Waals surface area contributed by atoms with E-state index in [0.29, 0.717) is 23.2 Å². The van der Waals surface area contributed by atoms with Gasteiger partial charge in [0.2, 0.25) is 0 Å². The zero-order valence-electron chi connectivity index (χ0n) is 8.52. The Balaban J connectivity index is 2.78. The summed E-state index contributed by atoms with van der Waals surface area (Å²) in [4.78, 5) is 12.6. The number of hydrogen-bond acceptors (Lipinski definition) is 4. The molecule has 2 N–H and O–H groups in total. The highest BCUT2D eigenvalue weighted by molar-refractivity contribution is 5.81. The lowest BCUT2D eigenvalue weighted by atomic mass is 10.4. The molecular formula is C9H13N5. The first-order valence-electron chi connectivity index (χ1n) is 4.56. The molecule has 0 bridgehead atoms. The summed E-state index contributed by atoms with van der Waals surface area (Å²) in [5.41, 5.74) is 7.24. The standard InChI is InChI=1S/C9H13N5/c1-5(2)14-4-11-7-8(10)12-6(3)13-9(7)14/h4-5H,1-3H3,(H2,10,12,13). The van der Waals surface area contributed by atoms with E-state index in [4.69, 9.17) is 5.73 Å². The van der Waals surface area contributed by atoms with Crippen LogP contribution in [-0.4, -0.2) is 19.5 Å². The van der Waals surface area contributed by atoms with Gasteiger partial charge < -0.3 is 10.3 Å². The molecule has 0 atom stereocenters. The van der Waals surface area contributed by atoms with Gasteiger partial charge >= 0.3 is 0 Å². The van der Waals surface area contributed by atoms with Crippen LogP contribution in [0, 0.1) is 6.92 Å². The Bertz CT molecular complexity index is 471. The second kappa shape index (κ2) is 2.94. The summed E-state index contributed by atoms with van der Waals surface area (Å²) in [6.45, 7) is 5.98. The van der Waals surface area contributed by atoms with Gasteiger partial charge in [-0.2, -0.15) is 0 Å². The van der Waals surface area contributed by atoms with Crippen LogP contribution in [0.4, 0.5) is 5.82 Å². The van der Waals surface area contributed by atoms with E-state index in [-0.39, 0.29) is 0 Å². The van der Waals surface area contributed by atoms with Gasteiger partial charge in [-0.25, -0.2) is 15.0 Å². The third kappa shape index (κ3) is 1.21. The molecule has 2 aromatic heterocycles. The monoisotopic (exact) mass is 191 g/mol. The van der Waals surface area contributed by atoms with Gasteiger partial charge in [0.25, 0.3) is 0 Å². The van der Waals surface area contributed by atoms with Crippen molar-refractivity contribution in [2.75, 3.05) is 5.73 Å². The predicted molar refractivity (Wildman–Crippen MR) is 54.9 cm³/mol. The summed E-state index contributed by atoms with van der Waals surface area (Å²) in [6, 6.07) is 0.327. The van der Waals surface area contributed by atoms with Gasteiger partial charge in [0.05, 0.1) is 6.33 Å². The third-order valence-corrected chi connectivity index (χ3v) is 2.12. The Kier molecular flexibility index (Phi) is 1.87. The minimum Gasteiger partial charge on any atom is -0.382 e. The lowest BCUT2D eigenvalue weighted by Gasteiger charge is -2.07. The number of imidazole rings is 1. The van der Waals surface area contributed by atoms with Crippen molar-refractivity contribution in [3.63, 3.8) is 0 Å². The van der Waals surface area contributed by atoms with Crippen molar-refractivity contribution in [3.8, 4) is 0 Å². The van der Waals surface area contributed by atoms with Crippen molar-refractivity contribution in [1.29, 1.82) is 0 Å². The summed E-state index contributed by atoms with van der Waals surface area (Å²) in [5, 5.41) is 0. The Morgan fingerprint density at radius 1 is 1.36 bits per heavy atom. The number of nitrogens with zero attached hydrogens (tertiary/aromatic N) is 4. The Morgan fingerprint density at radius 3 is 2.71 bits per heavy atom. The maximum Gasteiger partial charge on any atom is 0.165 e. The van der Waals surface area contributed by atoms with Crippen molar-refractivity contribution in [3.05, 3.63) is 12.2 Å². The quantitative estimate of drug-likeness (QED) is 0.737. The van der Waals surface area contributed by atoms with E-state index < -0.39 is 0 Å². The van der Waals surface area contributed by atoms with Gasteiger partial charge in [0.15, 0.2) is 11.5 Å². The molecule has 5 heteroatoms. The SMILES string of the molecule is Cc1nc(N)c2ncn(C(C)C)c2n1. The zero-order chi connectivity index (χ0) is 10.3. The smallest absolute Gasteiger partial charge is 0.165 e. The summed E-state index contributed by atoms with van der Waals surface area (Å²) in [5.74, 6) is 1.13. The first-order valence-corrected chi connectivity index (χ1v) is 4.56. The Labute approximate surface area is 82.0 Å². The average molecular weight is 191 g/mol. The molecule has 2 aromatic rings. The molecule has 2 heterocycles. The first kappa shape index (κ1) is 8.93. The van der Waals surface area contributed by atoms with Gasteiger partial charge in [-0.1, -0.05) is 0 Å². The number of anilines is 1. The van der Waals surface area contributed by atoms with Gasteiger partial charge in [-0.3, -0.25) is 0 Å². The lowest BCUT2D eigenvalue weighted by Crippen LogP contribution is -2.03. The minimum absolute atomic E-state index is 0.327. The van der Waals surface area contributed by atoms with Crippen molar-refractivity contribution in [2.24, 2.45) is 0 Å². The number of fused-ring (bicyclic) bond motifs is 1. The van der Waals surface area contributed by atoms with E-state index in [9.17, 15) is 0 Å². The Hall–Kier alpha value is -1.65. The van der Waals surface area contributed by atoms with Crippen LogP contribution in [0.5, 0.6) is 0 Å². The van der Waals surface area contributed by atoms with Crippen LogP contribution in [0.3, 0.4) is 0 Å². The van der Waals surface area contributed by atoms with E-state index in [2.05, 4.69) is 28.8 Å². The molecule has 0 radical (unpaired) electrons. The number of nitrogens with two attached hydrogens (primary N) is 1. The molecule has 0 amide bonds. The van der Waals surface area contributed by atoms with Crippen molar-refractivity contribution >= 4 is 17.0 Å². The molecule has 0 fully saturated rings. The van der Waals surface area contributed by atoms with Crippen LogP contribution in [0.2, 0.25) is 0 Å². The molecule has 14 heavy (non-hydrogen) atoms. The molecule has 0 saturated carbocycles. The predicted octanol–water partition coefficient (Wildman–Crippen LogP) is 1.30. The fourth-order valence-corrected chi connectivity index (χ4v) is 1.43. The van der Waals surface area contributed by atoms with Gasteiger partial charge in [0, 0.05) is 6.04 Å². The zero-order valence-corrected chi connectivity index (χ0v) is 8.52. The van der Waals surface area contributed by atoms with Crippen LogP contribution < -0.4 is 5.73 Å². The molecule has 5 nitrogen and oxygen atoms in total. The van der Waals surface area contributed by atoms with Crippen LogP contribution in [0.25, 0.3) is 11.2 Å². The van der Waals surface area contributed by atoms with Gasteiger partial charge in [-0.15, -0.1) is 0 Å². The van der Waals surface area contributed by atoms with E-state index >= 15 is 0 Å².